The van der Waals surface area contributed by atoms with Gasteiger partial charge >= 0.3 is 0 Å². The average Bonchev–Trinajstić information content (AvgIpc) is 3.73. The number of nitrogens with one attached hydrogen (secondary N) is 2. The summed E-state index contributed by atoms with van der Waals surface area (Å²) in [6.45, 7) is 14.2. The van der Waals surface area contributed by atoms with Crippen LogP contribution in [0.4, 0.5) is 0 Å². The van der Waals surface area contributed by atoms with Crippen molar-refractivity contribution < 1.29 is 33.0 Å². The molecule has 4 aromatic heterocycles. The van der Waals surface area contributed by atoms with E-state index in [9.17, 15) is 19.2 Å². The number of ether oxygens (including phenoxy) is 1. The fourth-order valence-electron chi connectivity index (χ4n) is 7.42. The van der Waals surface area contributed by atoms with Crippen LogP contribution in [0.1, 0.15) is 116 Å². The maximum Gasteiger partial charge on any atom is 0.222 e. The fraction of sp³-hybridized carbons (Fsp3) is 0.636. The number of likely N-dealkylation sites (N-methyl/N-ethyl adjacent to an activating group) is 2. The highest BCUT2D eigenvalue weighted by Crippen LogP contribution is 2.18. The molecule has 2 atom stereocenters. The van der Waals surface area contributed by atoms with Crippen LogP contribution in [0.3, 0.4) is 0 Å². The summed E-state index contributed by atoms with van der Waals surface area (Å²) < 4.78 is 10.1. The third-order valence-electron chi connectivity index (χ3n) is 10.7. The lowest BCUT2D eigenvalue weighted by molar-refractivity contribution is -0.696. The van der Waals surface area contributed by atoms with Crippen molar-refractivity contribution in [1.82, 2.24) is 29.7 Å². The first-order valence-corrected chi connectivity index (χ1v) is 21.1. The number of hydrogen-bond acceptors (Lipinski definition) is 7. The Morgan fingerprint density at radius 1 is 0.632 bits per heavy atom. The Balaban J connectivity index is 1.13. The van der Waals surface area contributed by atoms with E-state index in [1.54, 1.807) is 23.9 Å². The monoisotopic (exact) mass is 789 g/mol. The van der Waals surface area contributed by atoms with Crippen LogP contribution < -0.4 is 9.13 Å². The number of Topliss-reactive ketones (excluding diaryl/α,β-unsaturated/α-hetero) is 2. The molecule has 13 nitrogen and oxygen atoms in total. The van der Waals surface area contributed by atoms with E-state index >= 15 is 0 Å². The number of ketones is 2. The van der Waals surface area contributed by atoms with Crippen LogP contribution in [0.15, 0.2) is 36.9 Å². The van der Waals surface area contributed by atoms with Crippen molar-refractivity contribution in [2.45, 2.75) is 144 Å². The molecule has 0 aliphatic rings. The molecule has 0 saturated carbocycles. The Bertz CT molecular complexity index is 1780. The molecule has 0 saturated heterocycles. The zero-order valence-electron chi connectivity index (χ0n) is 35.8. The van der Waals surface area contributed by atoms with Gasteiger partial charge in [0.1, 0.15) is 46.8 Å². The number of aromatic amines is 2. The number of unbranched alkanes of at least 4 members (excludes halogenated alkanes) is 4. The van der Waals surface area contributed by atoms with E-state index in [1.807, 2.05) is 38.4 Å². The molecule has 0 aromatic carbocycles. The van der Waals surface area contributed by atoms with Gasteiger partial charge in [0.15, 0.2) is 36.4 Å². The molecule has 0 unspecified atom stereocenters. The van der Waals surface area contributed by atoms with Crippen molar-refractivity contribution in [2.75, 3.05) is 27.3 Å². The second-order valence-corrected chi connectivity index (χ2v) is 16.6. The SMILES string of the molecule is Cc1nc2cc[n+](CCCCCC(=O)N(C)[C@@H](CC(C)C)C(=O)CCOCCC(=O)[C@H](CC(C)C)N(C)C(=O)CCCCC[n+]3ccc4nc(C)[nH]c4c3)cc2[nH]1. The second-order valence-electron chi connectivity index (χ2n) is 16.6. The lowest BCUT2D eigenvalue weighted by Gasteiger charge is -2.29. The van der Waals surface area contributed by atoms with Crippen LogP contribution in [0.5, 0.6) is 0 Å². The summed E-state index contributed by atoms with van der Waals surface area (Å²) in [5.74, 6) is 2.18. The van der Waals surface area contributed by atoms with Crippen molar-refractivity contribution in [3.63, 3.8) is 0 Å². The van der Waals surface area contributed by atoms with Crippen LogP contribution in [0, 0.1) is 25.7 Å². The zero-order valence-corrected chi connectivity index (χ0v) is 35.8. The molecule has 2 amide bonds. The fourth-order valence-corrected chi connectivity index (χ4v) is 7.42. The van der Waals surface area contributed by atoms with Crippen LogP contribution in [-0.4, -0.2) is 92.5 Å². The van der Waals surface area contributed by atoms with E-state index in [0.717, 1.165) is 85.3 Å². The maximum absolute atomic E-state index is 13.4. The average molecular weight is 789 g/mol. The lowest BCUT2D eigenvalue weighted by atomic mass is 9.96. The van der Waals surface area contributed by atoms with Crippen LogP contribution in [0.25, 0.3) is 22.1 Å². The van der Waals surface area contributed by atoms with Gasteiger partial charge in [-0.25, -0.2) is 19.1 Å². The van der Waals surface area contributed by atoms with Gasteiger partial charge < -0.3 is 24.5 Å². The molecule has 0 aliphatic heterocycles. The number of aryl methyl sites for hydroxylation is 4. The summed E-state index contributed by atoms with van der Waals surface area (Å²) in [6, 6.07) is 3.01. The topological polar surface area (TPSA) is 149 Å². The van der Waals surface area contributed by atoms with E-state index in [0.29, 0.717) is 25.7 Å². The highest BCUT2D eigenvalue weighted by atomic mass is 16.5. The van der Waals surface area contributed by atoms with Crippen molar-refractivity contribution >= 4 is 45.4 Å². The first-order valence-electron chi connectivity index (χ1n) is 21.1. The predicted octanol–water partition coefficient (Wildman–Crippen LogP) is 6.13. The molecule has 4 heterocycles. The van der Waals surface area contributed by atoms with E-state index in [2.05, 4.69) is 69.2 Å². The molecule has 0 fully saturated rings. The molecule has 4 aromatic rings. The highest BCUT2D eigenvalue weighted by Gasteiger charge is 2.29. The van der Waals surface area contributed by atoms with Gasteiger partial charge in [0.2, 0.25) is 11.8 Å². The summed E-state index contributed by atoms with van der Waals surface area (Å²) in [7, 11) is 3.47. The van der Waals surface area contributed by atoms with Crippen molar-refractivity contribution in [2.24, 2.45) is 11.8 Å². The molecule has 0 spiro atoms. The number of imidazole rings is 2. The molecule has 0 aliphatic carbocycles. The normalized spacial score (nSPS) is 12.8. The smallest absolute Gasteiger partial charge is 0.222 e. The molecular formula is C44H68N8O5+2. The Morgan fingerprint density at radius 3 is 1.42 bits per heavy atom. The van der Waals surface area contributed by atoms with Gasteiger partial charge in [-0.1, -0.05) is 27.7 Å². The van der Waals surface area contributed by atoms with Crippen LogP contribution in [-0.2, 0) is 37.0 Å². The lowest BCUT2D eigenvalue weighted by Crippen LogP contribution is -2.44. The Morgan fingerprint density at radius 2 is 1.04 bits per heavy atom. The molecular weight excluding hydrogens is 721 g/mol. The number of H-pyrrole nitrogens is 2. The molecule has 2 N–H and O–H groups in total. The number of rotatable bonds is 26. The van der Waals surface area contributed by atoms with Gasteiger partial charge in [-0.05, 0) is 64.2 Å². The summed E-state index contributed by atoms with van der Waals surface area (Å²) in [5, 5.41) is 0. The molecule has 13 heteroatoms. The number of hydrogen-bond donors (Lipinski definition) is 2. The first-order chi connectivity index (χ1) is 27.2. The summed E-state index contributed by atoms with van der Waals surface area (Å²) in [5.41, 5.74) is 3.94. The van der Waals surface area contributed by atoms with Crippen LogP contribution >= 0.6 is 0 Å². The third-order valence-corrected chi connectivity index (χ3v) is 10.7. The predicted molar refractivity (Wildman–Crippen MR) is 221 cm³/mol. The van der Waals surface area contributed by atoms with Crippen molar-refractivity contribution in [3.8, 4) is 0 Å². The zero-order chi connectivity index (χ0) is 41.5. The number of pyridine rings is 2. The standard InChI is InChI=1S/C44H66N8O5/c1-31(2)27-39(49(7)43(55)15-11-9-13-21-51-23-17-35-37(29-51)47-33(5)45-35)41(53)19-25-57-26-20-42(54)40(28-32(3)4)50(8)44(56)16-12-10-14-22-52-24-18-36-38(30-52)48-34(6)46-36/h17-18,23-24,29-32,39-40H,9-16,19-22,25-28H2,1-8H3/p+2/t39-,40-/m0/s1. The number of nitrogens with zero attached hydrogens (tertiary/aromatic N) is 6. The molecule has 4 rings (SSSR count). The largest absolute Gasteiger partial charge is 0.381 e. The Kier molecular flexibility index (Phi) is 17.8. The second kappa shape index (κ2) is 22.4. The molecule has 0 bridgehead atoms. The maximum atomic E-state index is 13.4. The minimum atomic E-state index is -0.507. The highest BCUT2D eigenvalue weighted by molar-refractivity contribution is 5.90. The van der Waals surface area contributed by atoms with E-state index in [-0.39, 0.29) is 61.3 Å². The summed E-state index contributed by atoms with van der Waals surface area (Å²) in [6.07, 6.45) is 15.8. The van der Waals surface area contributed by atoms with E-state index in [4.69, 9.17) is 4.74 Å². The number of carbonyl (C=O) groups is 4. The minimum Gasteiger partial charge on any atom is -0.381 e. The molecule has 57 heavy (non-hydrogen) atoms. The first kappa shape index (κ1) is 45.2. The quantitative estimate of drug-likeness (QED) is 0.0574. The number of fused-ring (bicyclic) bond motifs is 2. The molecule has 0 radical (unpaired) electrons. The van der Waals surface area contributed by atoms with E-state index in [1.165, 1.54) is 0 Å². The van der Waals surface area contributed by atoms with Crippen molar-refractivity contribution in [3.05, 3.63) is 48.6 Å². The minimum absolute atomic E-state index is 0.0186. The van der Waals surface area contributed by atoms with Gasteiger partial charge in [-0.15, -0.1) is 0 Å². The number of carbonyl (C=O) groups excluding carboxylic acids is 4. The van der Waals surface area contributed by atoms with Gasteiger partial charge in [0, 0.05) is 64.8 Å². The van der Waals surface area contributed by atoms with Crippen LogP contribution in [0.2, 0.25) is 0 Å². The van der Waals surface area contributed by atoms with Gasteiger partial charge in [0.25, 0.3) is 0 Å². The summed E-state index contributed by atoms with van der Waals surface area (Å²) >= 11 is 0. The summed E-state index contributed by atoms with van der Waals surface area (Å²) in [4.78, 5) is 71.8. The van der Waals surface area contributed by atoms with Crippen molar-refractivity contribution in [1.29, 1.82) is 0 Å². The van der Waals surface area contributed by atoms with Gasteiger partial charge in [-0.3, -0.25) is 19.2 Å². The van der Waals surface area contributed by atoms with Gasteiger partial charge in [-0.2, -0.15) is 0 Å². The van der Waals surface area contributed by atoms with Gasteiger partial charge in [0.05, 0.1) is 25.3 Å². The third kappa shape index (κ3) is 14.4. The molecule has 312 valence electrons. The van der Waals surface area contributed by atoms with E-state index < -0.39 is 12.1 Å². The number of aromatic nitrogens is 6. The Hall–Kier alpha value is -4.52. The Labute approximate surface area is 339 Å². The number of amides is 2.